The molecule has 41 heavy (non-hydrogen) atoms. The van der Waals surface area contributed by atoms with E-state index in [4.69, 9.17) is 24.2 Å². The minimum atomic E-state index is -2.03. The number of hydrogen-bond donors (Lipinski definition) is 1. The van der Waals surface area contributed by atoms with Gasteiger partial charge in [-0.25, -0.2) is 9.97 Å². The predicted octanol–water partition coefficient (Wildman–Crippen LogP) is 6.82. The molecule has 11 heteroatoms. The van der Waals surface area contributed by atoms with Gasteiger partial charge in [-0.15, -0.1) is 0 Å². The fourth-order valence-corrected chi connectivity index (χ4v) is 6.04. The SMILES string of the molecule is CC(C)NC(=O)c1cn(COCC[Si](C)(C)C)c2ncc(-c3nn(C)c4ccc(O[Si](C)(C)C(C)(C)C)cc34)nc12. The van der Waals surface area contributed by atoms with Gasteiger partial charge in [0.15, 0.2) is 5.65 Å². The second-order valence-corrected chi connectivity index (χ2v) is 24.3. The summed E-state index contributed by atoms with van der Waals surface area (Å²) in [5.41, 5.74) is 3.88. The summed E-state index contributed by atoms with van der Waals surface area (Å²) in [6.45, 7) is 23.0. The quantitative estimate of drug-likeness (QED) is 0.160. The van der Waals surface area contributed by atoms with E-state index >= 15 is 0 Å². The van der Waals surface area contributed by atoms with Crippen LogP contribution in [0.2, 0.25) is 43.8 Å². The number of rotatable bonds is 10. The van der Waals surface area contributed by atoms with Crippen molar-refractivity contribution in [3.63, 3.8) is 0 Å². The summed E-state index contributed by atoms with van der Waals surface area (Å²) >= 11 is 0. The number of carbonyl (C=O) groups is 1. The zero-order valence-corrected chi connectivity index (χ0v) is 28.5. The van der Waals surface area contributed by atoms with Crippen molar-refractivity contribution in [2.75, 3.05) is 6.61 Å². The summed E-state index contributed by atoms with van der Waals surface area (Å²) in [6, 6.07) is 7.16. The van der Waals surface area contributed by atoms with E-state index < -0.39 is 16.4 Å². The Morgan fingerprint density at radius 3 is 2.46 bits per heavy atom. The van der Waals surface area contributed by atoms with Crippen LogP contribution in [0, 0.1) is 0 Å². The Morgan fingerprint density at radius 1 is 1.12 bits per heavy atom. The lowest BCUT2D eigenvalue weighted by atomic mass is 10.1. The maximum Gasteiger partial charge on any atom is 0.255 e. The fourth-order valence-electron chi connectivity index (χ4n) is 4.26. The summed E-state index contributed by atoms with van der Waals surface area (Å²) in [6.07, 6.45) is 3.52. The van der Waals surface area contributed by atoms with E-state index in [-0.39, 0.29) is 17.0 Å². The van der Waals surface area contributed by atoms with Crippen LogP contribution in [0.5, 0.6) is 5.75 Å². The van der Waals surface area contributed by atoms with Gasteiger partial charge in [-0.1, -0.05) is 40.4 Å². The molecule has 1 N–H and O–H groups in total. The molecule has 0 fully saturated rings. The van der Waals surface area contributed by atoms with E-state index in [1.165, 1.54) is 0 Å². The second kappa shape index (κ2) is 11.3. The van der Waals surface area contributed by atoms with Crippen molar-refractivity contribution >= 4 is 44.4 Å². The Balaban J connectivity index is 1.76. The first kappa shape index (κ1) is 30.9. The summed E-state index contributed by atoms with van der Waals surface area (Å²) in [7, 11) is -1.32. The first-order valence-electron chi connectivity index (χ1n) is 14.4. The molecule has 0 saturated heterocycles. The van der Waals surface area contributed by atoms with Gasteiger partial charge in [0, 0.05) is 39.4 Å². The summed E-state index contributed by atoms with van der Waals surface area (Å²) in [5.74, 6) is 0.638. The first-order valence-corrected chi connectivity index (χ1v) is 21.0. The van der Waals surface area contributed by atoms with Crippen molar-refractivity contribution in [2.24, 2.45) is 7.05 Å². The van der Waals surface area contributed by atoms with Crippen LogP contribution in [-0.4, -0.2) is 59.3 Å². The molecule has 0 radical (unpaired) electrons. The number of fused-ring (bicyclic) bond motifs is 2. The third-order valence-corrected chi connectivity index (χ3v) is 13.8. The molecule has 0 atom stereocenters. The average Bonchev–Trinajstić information content (AvgIpc) is 3.37. The number of amides is 1. The molecule has 1 amide bonds. The van der Waals surface area contributed by atoms with Gasteiger partial charge in [-0.3, -0.25) is 9.48 Å². The maximum atomic E-state index is 13.2. The molecule has 0 bridgehead atoms. The van der Waals surface area contributed by atoms with Gasteiger partial charge >= 0.3 is 0 Å². The maximum absolute atomic E-state index is 13.2. The average molecular weight is 595 g/mol. The van der Waals surface area contributed by atoms with Crippen molar-refractivity contribution in [1.29, 1.82) is 0 Å². The molecule has 0 aliphatic rings. The lowest BCUT2D eigenvalue weighted by molar-refractivity contribution is 0.0890. The fraction of sp³-hybridized carbons (Fsp3) is 0.533. The molecular weight excluding hydrogens is 549 g/mol. The van der Waals surface area contributed by atoms with Crippen LogP contribution in [0.25, 0.3) is 33.5 Å². The van der Waals surface area contributed by atoms with E-state index in [2.05, 4.69) is 58.8 Å². The van der Waals surface area contributed by atoms with E-state index in [1.54, 1.807) is 12.4 Å². The van der Waals surface area contributed by atoms with Crippen molar-refractivity contribution < 1.29 is 14.0 Å². The standard InChI is InChI=1S/C30H46N6O3Si2/c1-20(2)32-29(37)23-18-36(19-38-14-15-40(7,8)9)28-27(23)33-24(17-31-28)26-22-16-21(12-13-25(22)35(6)34-26)39-41(10,11)30(3,4)5/h12-13,16-18,20H,14-15,19H2,1-11H3,(H,32,37). The predicted molar refractivity (Wildman–Crippen MR) is 172 cm³/mol. The molecule has 0 aliphatic heterocycles. The molecule has 222 valence electrons. The van der Waals surface area contributed by atoms with Crippen LogP contribution in [-0.2, 0) is 18.5 Å². The highest BCUT2D eigenvalue weighted by Crippen LogP contribution is 2.39. The van der Waals surface area contributed by atoms with Gasteiger partial charge in [0.2, 0.25) is 8.32 Å². The third-order valence-electron chi connectivity index (χ3n) is 7.70. The zero-order chi connectivity index (χ0) is 30.3. The topological polar surface area (TPSA) is 96.1 Å². The van der Waals surface area contributed by atoms with E-state index in [9.17, 15) is 4.79 Å². The highest BCUT2D eigenvalue weighted by Gasteiger charge is 2.39. The third kappa shape index (κ3) is 6.90. The van der Waals surface area contributed by atoms with Crippen LogP contribution < -0.4 is 9.74 Å². The molecule has 0 unspecified atom stereocenters. The molecule has 3 heterocycles. The second-order valence-electron chi connectivity index (χ2n) is 13.9. The van der Waals surface area contributed by atoms with Gasteiger partial charge in [-0.2, -0.15) is 5.10 Å². The molecular formula is C30H46N6O3Si2. The Kier molecular flexibility index (Phi) is 8.55. The molecule has 4 aromatic rings. The lowest BCUT2D eigenvalue weighted by Crippen LogP contribution is -2.43. The number of aryl methyl sites for hydroxylation is 1. The van der Waals surface area contributed by atoms with Gasteiger partial charge in [0.25, 0.3) is 5.91 Å². The van der Waals surface area contributed by atoms with E-state index in [0.717, 1.165) is 22.7 Å². The minimum Gasteiger partial charge on any atom is -0.543 e. The first-order chi connectivity index (χ1) is 19.0. The number of ether oxygens (including phenoxy) is 1. The van der Waals surface area contributed by atoms with E-state index in [1.807, 2.05) is 48.3 Å². The number of carbonyl (C=O) groups excluding carboxylic acids is 1. The van der Waals surface area contributed by atoms with Crippen LogP contribution in [0.1, 0.15) is 45.0 Å². The van der Waals surface area contributed by atoms with Crippen molar-refractivity contribution in [3.05, 3.63) is 36.2 Å². The molecule has 0 aliphatic carbocycles. The van der Waals surface area contributed by atoms with Crippen LogP contribution in [0.15, 0.2) is 30.6 Å². The Hall–Kier alpha value is -3.03. The molecule has 1 aromatic carbocycles. The minimum absolute atomic E-state index is 0.0101. The zero-order valence-electron chi connectivity index (χ0n) is 26.5. The summed E-state index contributed by atoms with van der Waals surface area (Å²) in [4.78, 5) is 22.9. The highest BCUT2D eigenvalue weighted by molar-refractivity contribution is 6.76. The number of nitrogens with zero attached hydrogens (tertiary/aromatic N) is 5. The number of hydrogen-bond acceptors (Lipinski definition) is 6. The Morgan fingerprint density at radius 2 is 1.83 bits per heavy atom. The molecule has 0 spiro atoms. The van der Waals surface area contributed by atoms with Crippen LogP contribution in [0.3, 0.4) is 0 Å². The largest absolute Gasteiger partial charge is 0.543 e. The molecule has 0 saturated carbocycles. The summed E-state index contributed by atoms with van der Waals surface area (Å²) < 4.78 is 16.3. The molecule has 9 nitrogen and oxygen atoms in total. The van der Waals surface area contributed by atoms with Crippen molar-refractivity contribution in [3.8, 4) is 17.1 Å². The van der Waals surface area contributed by atoms with E-state index in [0.29, 0.717) is 41.5 Å². The van der Waals surface area contributed by atoms with Crippen molar-refractivity contribution in [1.82, 2.24) is 29.6 Å². The summed E-state index contributed by atoms with van der Waals surface area (Å²) in [5, 5.41) is 8.81. The van der Waals surface area contributed by atoms with Crippen LogP contribution >= 0.6 is 0 Å². The van der Waals surface area contributed by atoms with Gasteiger partial charge < -0.3 is 19.0 Å². The number of nitrogens with one attached hydrogen (secondary N) is 1. The Bertz CT molecular complexity index is 1560. The number of benzene rings is 1. The smallest absolute Gasteiger partial charge is 0.255 e. The molecule has 4 rings (SSSR count). The van der Waals surface area contributed by atoms with Gasteiger partial charge in [0.05, 0.1) is 17.3 Å². The molecule has 3 aromatic heterocycles. The van der Waals surface area contributed by atoms with Crippen LogP contribution in [0.4, 0.5) is 0 Å². The number of aromatic nitrogens is 5. The van der Waals surface area contributed by atoms with Gasteiger partial charge in [0.1, 0.15) is 29.4 Å². The highest BCUT2D eigenvalue weighted by atomic mass is 28.4. The normalized spacial score (nSPS) is 13.0. The van der Waals surface area contributed by atoms with Gasteiger partial charge in [-0.05, 0) is 56.2 Å². The monoisotopic (exact) mass is 594 g/mol. The lowest BCUT2D eigenvalue weighted by Gasteiger charge is -2.36. The van der Waals surface area contributed by atoms with Crippen molar-refractivity contribution in [2.45, 2.75) is 91.2 Å². The Labute approximate surface area is 245 Å².